The molecular weight excluding hydrogens is 316 g/mol. The second-order valence-electron chi connectivity index (χ2n) is 6.17. The van der Waals surface area contributed by atoms with Crippen molar-refractivity contribution in [3.63, 3.8) is 0 Å². The summed E-state index contributed by atoms with van der Waals surface area (Å²) in [6.07, 6.45) is 3.67. The molecule has 6 heteroatoms. The predicted octanol–water partition coefficient (Wildman–Crippen LogP) is 3.26. The van der Waals surface area contributed by atoms with Crippen molar-refractivity contribution < 1.29 is 14.1 Å². The van der Waals surface area contributed by atoms with Crippen LogP contribution in [0.2, 0.25) is 5.02 Å². The smallest absolute Gasteiger partial charge is 0.292 e. The molecule has 4 rings (SSSR count). The Hall–Kier alpha value is -2.01. The van der Waals surface area contributed by atoms with E-state index in [9.17, 15) is 4.79 Å². The third-order valence-corrected chi connectivity index (χ3v) is 5.15. The van der Waals surface area contributed by atoms with Crippen LogP contribution in [0.25, 0.3) is 0 Å². The fourth-order valence-corrected chi connectivity index (χ4v) is 3.89. The third kappa shape index (κ3) is 2.70. The van der Waals surface area contributed by atoms with Gasteiger partial charge < -0.3 is 14.2 Å². The van der Waals surface area contributed by atoms with Gasteiger partial charge >= 0.3 is 0 Å². The van der Waals surface area contributed by atoms with Crippen molar-refractivity contribution in [1.82, 2.24) is 10.1 Å². The van der Waals surface area contributed by atoms with Gasteiger partial charge in [-0.1, -0.05) is 28.9 Å². The molecule has 120 valence electrons. The van der Waals surface area contributed by atoms with E-state index in [2.05, 4.69) is 5.16 Å². The molecule has 3 atom stereocenters. The second kappa shape index (κ2) is 5.89. The van der Waals surface area contributed by atoms with Crippen LogP contribution < -0.4 is 4.74 Å². The van der Waals surface area contributed by atoms with Gasteiger partial charge in [-0.25, -0.2) is 0 Å². The Bertz CT molecular complexity index is 704. The molecule has 2 heterocycles. The van der Waals surface area contributed by atoms with E-state index in [-0.39, 0.29) is 12.0 Å². The van der Waals surface area contributed by atoms with Crippen LogP contribution in [0, 0.1) is 11.8 Å². The zero-order chi connectivity index (χ0) is 15.8. The number of ether oxygens (including phenoxy) is 1. The number of fused-ring (bicyclic) bond motifs is 1. The van der Waals surface area contributed by atoms with Crippen LogP contribution in [0.3, 0.4) is 0 Å². The zero-order valence-electron chi connectivity index (χ0n) is 12.5. The van der Waals surface area contributed by atoms with E-state index in [1.54, 1.807) is 6.07 Å². The van der Waals surface area contributed by atoms with Gasteiger partial charge in [0.2, 0.25) is 5.76 Å². The van der Waals surface area contributed by atoms with Crippen LogP contribution in [0.4, 0.5) is 0 Å². The Kier molecular flexibility index (Phi) is 3.73. The van der Waals surface area contributed by atoms with Gasteiger partial charge in [0.15, 0.2) is 0 Å². The molecule has 0 spiro atoms. The maximum Gasteiger partial charge on any atom is 0.292 e. The summed E-state index contributed by atoms with van der Waals surface area (Å²) < 4.78 is 11.1. The van der Waals surface area contributed by atoms with Crippen LogP contribution in [0.15, 0.2) is 41.1 Å². The molecule has 2 fully saturated rings. The van der Waals surface area contributed by atoms with Gasteiger partial charge in [0, 0.05) is 25.1 Å². The Morgan fingerprint density at radius 1 is 1.26 bits per heavy atom. The summed E-state index contributed by atoms with van der Waals surface area (Å²) in [7, 11) is 0. The van der Waals surface area contributed by atoms with Crippen LogP contribution in [0.5, 0.6) is 5.75 Å². The van der Waals surface area contributed by atoms with E-state index >= 15 is 0 Å². The number of likely N-dealkylation sites (tertiary alicyclic amines) is 1. The van der Waals surface area contributed by atoms with Gasteiger partial charge in [0.1, 0.15) is 11.9 Å². The normalized spacial score (nSPS) is 26.3. The van der Waals surface area contributed by atoms with E-state index in [4.69, 9.17) is 20.9 Å². The molecule has 1 saturated heterocycles. The van der Waals surface area contributed by atoms with Gasteiger partial charge in [-0.2, -0.15) is 0 Å². The first-order valence-corrected chi connectivity index (χ1v) is 8.21. The molecule has 0 unspecified atom stereocenters. The van der Waals surface area contributed by atoms with Crippen LogP contribution in [-0.2, 0) is 0 Å². The number of hydrogen-bond acceptors (Lipinski definition) is 4. The SMILES string of the molecule is O=C(c1ccno1)N1C[C@@H]2CC[C@H](Oc3ccccc3Cl)[C@@H]2C1. The van der Waals surface area contributed by atoms with E-state index in [1.807, 2.05) is 29.2 Å². The molecule has 2 aromatic rings. The van der Waals surface area contributed by atoms with Crippen molar-refractivity contribution in [2.75, 3.05) is 13.1 Å². The third-order valence-electron chi connectivity index (χ3n) is 4.84. The number of para-hydroxylation sites is 1. The second-order valence-corrected chi connectivity index (χ2v) is 6.58. The summed E-state index contributed by atoms with van der Waals surface area (Å²) in [5, 5.41) is 4.23. The first kappa shape index (κ1) is 14.6. The molecule has 23 heavy (non-hydrogen) atoms. The lowest BCUT2D eigenvalue weighted by molar-refractivity contribution is 0.0721. The highest BCUT2D eigenvalue weighted by Gasteiger charge is 2.45. The maximum atomic E-state index is 12.4. The molecule has 1 aliphatic carbocycles. The summed E-state index contributed by atoms with van der Waals surface area (Å²) in [5.74, 6) is 1.76. The summed E-state index contributed by atoms with van der Waals surface area (Å²) in [5.41, 5.74) is 0. The Balaban J connectivity index is 1.45. The fourth-order valence-electron chi connectivity index (χ4n) is 3.71. The predicted molar refractivity (Wildman–Crippen MR) is 84.5 cm³/mol. The average Bonchev–Trinajstić information content (AvgIpc) is 3.26. The number of rotatable bonds is 3. The minimum atomic E-state index is -0.0895. The summed E-state index contributed by atoms with van der Waals surface area (Å²) in [4.78, 5) is 14.2. The van der Waals surface area contributed by atoms with Gasteiger partial charge in [-0.3, -0.25) is 4.79 Å². The van der Waals surface area contributed by atoms with E-state index in [0.717, 1.165) is 25.1 Å². The number of carbonyl (C=O) groups is 1. The van der Waals surface area contributed by atoms with Crippen molar-refractivity contribution in [3.8, 4) is 5.75 Å². The summed E-state index contributed by atoms with van der Waals surface area (Å²) in [6.45, 7) is 1.45. The standard InChI is InChI=1S/C17H17ClN2O3/c18-13-3-1-2-4-15(13)22-14-6-5-11-9-20(10-12(11)14)17(21)16-7-8-19-23-16/h1-4,7-8,11-12,14H,5-6,9-10H2/t11-,12+,14-/m0/s1. The van der Waals surface area contributed by atoms with Crippen molar-refractivity contribution >= 4 is 17.5 Å². The fraction of sp³-hybridized carbons (Fsp3) is 0.412. The van der Waals surface area contributed by atoms with E-state index in [1.165, 1.54) is 6.20 Å². The lowest BCUT2D eigenvalue weighted by Gasteiger charge is -2.22. The maximum absolute atomic E-state index is 12.4. The molecule has 1 aliphatic heterocycles. The van der Waals surface area contributed by atoms with Crippen LogP contribution >= 0.6 is 11.6 Å². The van der Waals surface area contributed by atoms with E-state index < -0.39 is 0 Å². The van der Waals surface area contributed by atoms with Crippen molar-refractivity contribution in [3.05, 3.63) is 47.3 Å². The first-order valence-electron chi connectivity index (χ1n) is 7.83. The highest BCUT2D eigenvalue weighted by atomic mass is 35.5. The first-order chi connectivity index (χ1) is 11.2. The molecule has 1 saturated carbocycles. The Morgan fingerprint density at radius 2 is 2.13 bits per heavy atom. The molecule has 5 nitrogen and oxygen atoms in total. The molecular formula is C17H17ClN2O3. The van der Waals surface area contributed by atoms with Gasteiger partial charge in [0.25, 0.3) is 5.91 Å². The van der Waals surface area contributed by atoms with Crippen LogP contribution in [-0.4, -0.2) is 35.2 Å². The number of aromatic nitrogens is 1. The topological polar surface area (TPSA) is 55.6 Å². The number of amides is 1. The molecule has 0 bridgehead atoms. The quantitative estimate of drug-likeness (QED) is 0.865. The number of carbonyl (C=O) groups excluding carboxylic acids is 1. The monoisotopic (exact) mass is 332 g/mol. The zero-order valence-corrected chi connectivity index (χ0v) is 13.3. The summed E-state index contributed by atoms with van der Waals surface area (Å²) >= 11 is 6.18. The molecule has 0 N–H and O–H groups in total. The number of hydrogen-bond donors (Lipinski definition) is 0. The van der Waals surface area contributed by atoms with Crippen molar-refractivity contribution in [2.45, 2.75) is 18.9 Å². The molecule has 1 aromatic carbocycles. The Labute approximate surface area is 139 Å². The highest BCUT2D eigenvalue weighted by molar-refractivity contribution is 6.32. The molecule has 1 amide bonds. The average molecular weight is 333 g/mol. The molecule has 0 radical (unpaired) electrons. The van der Waals surface area contributed by atoms with Gasteiger partial charge in [0.05, 0.1) is 11.2 Å². The molecule has 1 aromatic heterocycles. The van der Waals surface area contributed by atoms with Crippen LogP contribution in [0.1, 0.15) is 23.4 Å². The summed E-state index contributed by atoms with van der Waals surface area (Å²) in [6, 6.07) is 9.13. The van der Waals surface area contributed by atoms with E-state index in [0.29, 0.717) is 29.2 Å². The van der Waals surface area contributed by atoms with Crippen molar-refractivity contribution in [1.29, 1.82) is 0 Å². The molecule has 2 aliphatic rings. The minimum absolute atomic E-state index is 0.0895. The number of nitrogens with zero attached hydrogens (tertiary/aromatic N) is 2. The number of halogens is 1. The lowest BCUT2D eigenvalue weighted by Crippen LogP contribution is -2.32. The highest BCUT2D eigenvalue weighted by Crippen LogP contribution is 2.41. The Morgan fingerprint density at radius 3 is 2.91 bits per heavy atom. The lowest BCUT2D eigenvalue weighted by atomic mass is 9.99. The van der Waals surface area contributed by atoms with Crippen molar-refractivity contribution in [2.24, 2.45) is 11.8 Å². The van der Waals surface area contributed by atoms with Gasteiger partial charge in [-0.05, 0) is 30.9 Å². The minimum Gasteiger partial charge on any atom is -0.489 e. The van der Waals surface area contributed by atoms with Gasteiger partial charge in [-0.15, -0.1) is 0 Å². The number of benzene rings is 1. The largest absolute Gasteiger partial charge is 0.489 e.